The molecule has 2 N–H and O–H groups in total. The van der Waals surface area contributed by atoms with E-state index in [0.717, 1.165) is 11.1 Å². The average Bonchev–Trinajstić information content (AvgIpc) is 2.48. The molecule has 3 heteroatoms. The number of phenolic OH excluding ortho intramolecular Hbond substituents is 1. The Morgan fingerprint density at radius 3 is 2.25 bits per heavy atom. The Bertz CT molecular complexity index is 792. The van der Waals surface area contributed by atoms with Gasteiger partial charge >= 0.3 is 5.97 Å². The lowest BCUT2D eigenvalue weighted by molar-refractivity contribution is 0.0699. The molecule has 0 aliphatic rings. The summed E-state index contributed by atoms with van der Waals surface area (Å²) in [6.07, 6.45) is 0. The van der Waals surface area contributed by atoms with Crippen molar-refractivity contribution in [1.29, 1.82) is 0 Å². The summed E-state index contributed by atoms with van der Waals surface area (Å²) in [6.45, 7) is 0. The van der Waals surface area contributed by atoms with Gasteiger partial charge in [-0.2, -0.15) is 0 Å². The first-order valence-electron chi connectivity index (χ1n) is 6.21. The van der Waals surface area contributed by atoms with E-state index < -0.39 is 5.97 Å². The minimum absolute atomic E-state index is 0.0876. The number of fused-ring (bicyclic) bond motifs is 1. The van der Waals surface area contributed by atoms with Gasteiger partial charge in [-0.1, -0.05) is 42.5 Å². The van der Waals surface area contributed by atoms with Crippen LogP contribution in [0.15, 0.2) is 60.7 Å². The number of carbonyl (C=O) groups is 1. The maximum absolute atomic E-state index is 11.3. The minimum atomic E-state index is -1.000. The van der Waals surface area contributed by atoms with Crippen LogP contribution in [0, 0.1) is 0 Å². The summed E-state index contributed by atoms with van der Waals surface area (Å²) in [4.78, 5) is 11.3. The van der Waals surface area contributed by atoms with E-state index >= 15 is 0 Å². The first-order valence-corrected chi connectivity index (χ1v) is 6.21. The zero-order valence-corrected chi connectivity index (χ0v) is 10.6. The van der Waals surface area contributed by atoms with Crippen LogP contribution in [0.2, 0.25) is 0 Å². The van der Waals surface area contributed by atoms with Gasteiger partial charge in [-0.05, 0) is 29.3 Å². The van der Waals surface area contributed by atoms with Gasteiger partial charge in [0.15, 0.2) is 0 Å². The summed E-state index contributed by atoms with van der Waals surface area (Å²) >= 11 is 0. The molecule has 0 aliphatic heterocycles. The quantitative estimate of drug-likeness (QED) is 0.737. The summed E-state index contributed by atoms with van der Waals surface area (Å²) in [7, 11) is 0. The van der Waals surface area contributed by atoms with Gasteiger partial charge in [-0.3, -0.25) is 0 Å². The number of rotatable bonds is 2. The van der Waals surface area contributed by atoms with Crippen molar-refractivity contribution in [2.45, 2.75) is 0 Å². The summed E-state index contributed by atoms with van der Waals surface area (Å²) in [5.41, 5.74) is 2.12. The molecule has 0 aliphatic carbocycles. The topological polar surface area (TPSA) is 57.5 Å². The van der Waals surface area contributed by atoms with Crippen molar-refractivity contribution in [3.8, 4) is 16.9 Å². The number of aromatic hydroxyl groups is 1. The molecule has 0 saturated carbocycles. The molecule has 3 aromatic carbocycles. The fourth-order valence-corrected chi connectivity index (χ4v) is 2.33. The molecule has 0 fully saturated rings. The molecule has 98 valence electrons. The molecule has 0 radical (unpaired) electrons. The fourth-order valence-electron chi connectivity index (χ4n) is 2.33. The van der Waals surface area contributed by atoms with Crippen molar-refractivity contribution in [3.05, 3.63) is 66.2 Å². The molecule has 3 aromatic rings. The van der Waals surface area contributed by atoms with E-state index in [9.17, 15) is 15.0 Å². The lowest BCUT2D eigenvalue weighted by Gasteiger charge is -2.08. The zero-order chi connectivity index (χ0) is 14.1. The Morgan fingerprint density at radius 1 is 0.800 bits per heavy atom. The van der Waals surface area contributed by atoms with E-state index in [0.29, 0.717) is 10.8 Å². The van der Waals surface area contributed by atoms with Crippen LogP contribution in [0.25, 0.3) is 21.9 Å². The Labute approximate surface area is 115 Å². The van der Waals surface area contributed by atoms with E-state index in [4.69, 9.17) is 0 Å². The van der Waals surface area contributed by atoms with Crippen molar-refractivity contribution in [2.75, 3.05) is 0 Å². The van der Waals surface area contributed by atoms with Crippen LogP contribution < -0.4 is 0 Å². The maximum atomic E-state index is 11.3. The number of carboxylic acid groups (broad SMARTS) is 1. The lowest BCUT2D eigenvalue weighted by atomic mass is 9.98. The second kappa shape index (κ2) is 4.70. The van der Waals surface area contributed by atoms with E-state index in [-0.39, 0.29) is 11.3 Å². The number of benzene rings is 3. The number of hydrogen-bond acceptors (Lipinski definition) is 2. The summed E-state index contributed by atoms with van der Waals surface area (Å²) in [6, 6.07) is 18.0. The molecule has 0 aromatic heterocycles. The van der Waals surface area contributed by atoms with Crippen molar-refractivity contribution >= 4 is 16.7 Å². The average molecular weight is 264 g/mol. The second-order valence-electron chi connectivity index (χ2n) is 4.56. The van der Waals surface area contributed by atoms with Gasteiger partial charge in [0.05, 0.1) is 5.56 Å². The molecule has 0 bridgehead atoms. The SMILES string of the molecule is O=C(O)c1ccc(O)c2ccc(-c3ccccc3)cc12. The van der Waals surface area contributed by atoms with Gasteiger partial charge in [0, 0.05) is 10.8 Å². The van der Waals surface area contributed by atoms with Crippen LogP contribution in [0.5, 0.6) is 5.75 Å². The van der Waals surface area contributed by atoms with E-state index in [2.05, 4.69) is 0 Å². The zero-order valence-electron chi connectivity index (χ0n) is 10.6. The molecule has 0 spiro atoms. The van der Waals surface area contributed by atoms with Gasteiger partial charge in [0.2, 0.25) is 0 Å². The van der Waals surface area contributed by atoms with E-state index in [1.165, 1.54) is 12.1 Å². The highest BCUT2D eigenvalue weighted by Crippen LogP contribution is 2.31. The number of hydrogen-bond donors (Lipinski definition) is 2. The Kier molecular flexibility index (Phi) is 2.88. The molecule has 0 amide bonds. The molecule has 20 heavy (non-hydrogen) atoms. The summed E-state index contributed by atoms with van der Waals surface area (Å²) in [5.74, 6) is -0.912. The van der Waals surface area contributed by atoms with Crippen LogP contribution in [0.1, 0.15) is 10.4 Å². The Morgan fingerprint density at radius 2 is 1.55 bits per heavy atom. The van der Waals surface area contributed by atoms with E-state index in [1.54, 1.807) is 12.1 Å². The van der Waals surface area contributed by atoms with Crippen molar-refractivity contribution < 1.29 is 15.0 Å². The predicted octanol–water partition coefficient (Wildman–Crippen LogP) is 3.91. The second-order valence-corrected chi connectivity index (χ2v) is 4.56. The van der Waals surface area contributed by atoms with Crippen LogP contribution in [0.4, 0.5) is 0 Å². The smallest absolute Gasteiger partial charge is 0.336 e. The maximum Gasteiger partial charge on any atom is 0.336 e. The number of phenols is 1. The minimum Gasteiger partial charge on any atom is -0.507 e. The fraction of sp³-hybridized carbons (Fsp3) is 0. The van der Waals surface area contributed by atoms with Crippen LogP contribution in [-0.4, -0.2) is 16.2 Å². The number of aromatic carboxylic acids is 1. The highest BCUT2D eigenvalue weighted by atomic mass is 16.4. The number of carboxylic acids is 1. The van der Waals surface area contributed by atoms with Crippen LogP contribution >= 0.6 is 0 Å². The third-order valence-electron chi connectivity index (χ3n) is 3.33. The van der Waals surface area contributed by atoms with Crippen LogP contribution in [-0.2, 0) is 0 Å². The molecular weight excluding hydrogens is 252 g/mol. The predicted molar refractivity (Wildman–Crippen MR) is 78.0 cm³/mol. The Balaban J connectivity index is 2.29. The molecule has 0 saturated heterocycles. The molecule has 3 nitrogen and oxygen atoms in total. The first kappa shape index (κ1) is 12.2. The van der Waals surface area contributed by atoms with E-state index in [1.807, 2.05) is 36.4 Å². The van der Waals surface area contributed by atoms with Crippen molar-refractivity contribution in [3.63, 3.8) is 0 Å². The summed E-state index contributed by atoms with van der Waals surface area (Å²) < 4.78 is 0. The normalized spacial score (nSPS) is 10.6. The highest BCUT2D eigenvalue weighted by molar-refractivity contribution is 6.06. The lowest BCUT2D eigenvalue weighted by Crippen LogP contribution is -1.97. The summed E-state index contributed by atoms with van der Waals surface area (Å²) in [5, 5.41) is 20.2. The third-order valence-corrected chi connectivity index (χ3v) is 3.33. The Hall–Kier alpha value is -2.81. The first-order chi connectivity index (χ1) is 9.66. The third kappa shape index (κ3) is 1.99. The van der Waals surface area contributed by atoms with Gasteiger partial charge in [0.1, 0.15) is 5.75 Å². The van der Waals surface area contributed by atoms with Gasteiger partial charge in [0.25, 0.3) is 0 Å². The highest BCUT2D eigenvalue weighted by Gasteiger charge is 2.12. The molecule has 0 heterocycles. The molecule has 0 atom stereocenters. The van der Waals surface area contributed by atoms with Crippen molar-refractivity contribution in [2.24, 2.45) is 0 Å². The molecule has 0 unspecified atom stereocenters. The van der Waals surface area contributed by atoms with Gasteiger partial charge < -0.3 is 10.2 Å². The standard InChI is InChI=1S/C17H12O3/c18-16-9-8-14(17(19)20)15-10-12(6-7-13(15)16)11-4-2-1-3-5-11/h1-10,18H,(H,19,20). The van der Waals surface area contributed by atoms with Gasteiger partial charge in [-0.15, -0.1) is 0 Å². The van der Waals surface area contributed by atoms with Crippen LogP contribution in [0.3, 0.4) is 0 Å². The molecular formula is C17H12O3. The monoisotopic (exact) mass is 264 g/mol. The molecule has 3 rings (SSSR count). The largest absolute Gasteiger partial charge is 0.507 e. The van der Waals surface area contributed by atoms with Gasteiger partial charge in [-0.25, -0.2) is 4.79 Å². The van der Waals surface area contributed by atoms with Crippen molar-refractivity contribution in [1.82, 2.24) is 0 Å².